The highest BCUT2D eigenvalue weighted by Gasteiger charge is 2.43. The lowest BCUT2D eigenvalue weighted by atomic mass is 9.95. The highest BCUT2D eigenvalue weighted by Crippen LogP contribution is 2.21. The first-order chi connectivity index (χ1) is 7.11. The standard InChI is InChI=1S/C8H13NO5S/c10-2-5-7(12)8(13)6(11)4(14-5)1-9-3-15/h4-8,10-13H,1-2H2/t4-,5+,6-,7-,8+/m0/s1. The van der Waals surface area contributed by atoms with Gasteiger partial charge in [0.1, 0.15) is 30.5 Å². The minimum absolute atomic E-state index is 0.0327. The third kappa shape index (κ3) is 2.79. The molecule has 0 amide bonds. The van der Waals surface area contributed by atoms with Crippen molar-refractivity contribution in [3.8, 4) is 0 Å². The predicted octanol–water partition coefficient (Wildman–Crippen LogP) is -2.07. The Labute approximate surface area is 91.8 Å². The molecule has 0 spiro atoms. The van der Waals surface area contributed by atoms with Crippen molar-refractivity contribution in [3.05, 3.63) is 0 Å². The van der Waals surface area contributed by atoms with Gasteiger partial charge in [-0.05, 0) is 12.2 Å². The van der Waals surface area contributed by atoms with Crippen LogP contribution in [0.4, 0.5) is 0 Å². The molecule has 7 heteroatoms. The van der Waals surface area contributed by atoms with Gasteiger partial charge in [-0.3, -0.25) is 0 Å². The lowest BCUT2D eigenvalue weighted by Crippen LogP contribution is -2.59. The Balaban J connectivity index is 2.69. The van der Waals surface area contributed by atoms with Gasteiger partial charge >= 0.3 is 0 Å². The van der Waals surface area contributed by atoms with E-state index < -0.39 is 37.1 Å². The van der Waals surface area contributed by atoms with Crippen LogP contribution in [0.2, 0.25) is 0 Å². The zero-order valence-corrected chi connectivity index (χ0v) is 8.67. The molecular weight excluding hydrogens is 222 g/mol. The number of thiocarbonyl (C=S) groups is 1. The number of isothiocyanates is 1. The SMILES string of the molecule is OC[C@H]1O[C@@H](CN=C=S)[C@H](O)[C@@H](O)[C@H]1O. The second kappa shape index (κ2) is 5.62. The Morgan fingerprint density at radius 2 is 1.73 bits per heavy atom. The summed E-state index contributed by atoms with van der Waals surface area (Å²) in [6.07, 6.45) is -5.64. The molecule has 0 bridgehead atoms. The molecule has 0 saturated carbocycles. The summed E-state index contributed by atoms with van der Waals surface area (Å²) < 4.78 is 5.14. The van der Waals surface area contributed by atoms with Gasteiger partial charge in [0.25, 0.3) is 0 Å². The fraction of sp³-hybridized carbons (Fsp3) is 0.875. The second-order valence-electron chi connectivity index (χ2n) is 3.30. The van der Waals surface area contributed by atoms with Gasteiger partial charge in [-0.15, -0.1) is 0 Å². The van der Waals surface area contributed by atoms with Gasteiger partial charge in [0.15, 0.2) is 0 Å². The number of hydrogen-bond acceptors (Lipinski definition) is 7. The normalized spacial score (nSPS) is 40.9. The van der Waals surface area contributed by atoms with E-state index in [0.29, 0.717) is 0 Å². The summed E-state index contributed by atoms with van der Waals surface area (Å²) in [6, 6.07) is 0. The molecule has 0 aliphatic carbocycles. The van der Waals surface area contributed by atoms with Crippen LogP contribution in [0.3, 0.4) is 0 Å². The molecule has 0 unspecified atom stereocenters. The smallest absolute Gasteiger partial charge is 0.111 e. The van der Waals surface area contributed by atoms with Gasteiger partial charge in [0, 0.05) is 0 Å². The van der Waals surface area contributed by atoms with Gasteiger partial charge in [-0.2, -0.15) is 0 Å². The minimum atomic E-state index is -1.36. The van der Waals surface area contributed by atoms with Crippen LogP contribution in [0.1, 0.15) is 0 Å². The molecule has 6 nitrogen and oxygen atoms in total. The van der Waals surface area contributed by atoms with Crippen LogP contribution < -0.4 is 0 Å². The van der Waals surface area contributed by atoms with Crippen molar-refractivity contribution in [2.24, 2.45) is 4.99 Å². The van der Waals surface area contributed by atoms with Crippen LogP contribution in [-0.2, 0) is 4.74 Å². The average molecular weight is 235 g/mol. The average Bonchev–Trinajstić information content (AvgIpc) is 2.25. The molecule has 0 aromatic carbocycles. The fourth-order valence-electron chi connectivity index (χ4n) is 1.46. The van der Waals surface area contributed by atoms with E-state index in [2.05, 4.69) is 22.4 Å². The molecule has 15 heavy (non-hydrogen) atoms. The van der Waals surface area contributed by atoms with Crippen molar-refractivity contribution in [1.82, 2.24) is 0 Å². The number of ether oxygens (including phenoxy) is 1. The zero-order chi connectivity index (χ0) is 11.4. The number of rotatable bonds is 3. The molecule has 4 N–H and O–H groups in total. The molecule has 1 aliphatic heterocycles. The van der Waals surface area contributed by atoms with E-state index in [9.17, 15) is 15.3 Å². The highest BCUT2D eigenvalue weighted by atomic mass is 32.1. The van der Waals surface area contributed by atoms with Crippen LogP contribution in [0, 0.1) is 0 Å². The summed E-state index contributed by atoms with van der Waals surface area (Å²) in [5.41, 5.74) is 0. The van der Waals surface area contributed by atoms with Gasteiger partial charge in [0.05, 0.1) is 18.3 Å². The van der Waals surface area contributed by atoms with Crippen LogP contribution in [0.5, 0.6) is 0 Å². The molecule has 0 aromatic rings. The summed E-state index contributed by atoms with van der Waals surface area (Å²) >= 11 is 4.35. The number of nitrogens with zero attached hydrogens (tertiary/aromatic N) is 1. The molecular formula is C8H13NO5S. The van der Waals surface area contributed by atoms with Crippen molar-refractivity contribution in [2.45, 2.75) is 30.5 Å². The first-order valence-corrected chi connectivity index (χ1v) is 4.86. The third-order valence-electron chi connectivity index (χ3n) is 2.33. The quantitative estimate of drug-likeness (QED) is 0.331. The minimum Gasteiger partial charge on any atom is -0.394 e. The van der Waals surface area contributed by atoms with Crippen LogP contribution in [0.25, 0.3) is 0 Å². The summed E-state index contributed by atoms with van der Waals surface area (Å²) in [5.74, 6) is 0. The molecule has 0 aromatic heterocycles. The van der Waals surface area contributed by atoms with E-state index in [1.165, 1.54) is 0 Å². The summed E-state index contributed by atoms with van der Waals surface area (Å²) in [4.78, 5) is 3.58. The molecule has 1 fully saturated rings. The lowest BCUT2D eigenvalue weighted by molar-refractivity contribution is -0.226. The largest absolute Gasteiger partial charge is 0.394 e. The Morgan fingerprint density at radius 1 is 1.13 bits per heavy atom. The molecule has 1 rings (SSSR count). The van der Waals surface area contributed by atoms with Gasteiger partial charge < -0.3 is 25.2 Å². The van der Waals surface area contributed by atoms with E-state index in [4.69, 9.17) is 9.84 Å². The van der Waals surface area contributed by atoms with E-state index in [-0.39, 0.29) is 6.54 Å². The van der Waals surface area contributed by atoms with Gasteiger partial charge in [-0.1, -0.05) is 0 Å². The molecule has 1 aliphatic rings. The number of aliphatic hydroxyl groups excluding tert-OH is 4. The van der Waals surface area contributed by atoms with E-state index in [0.717, 1.165) is 0 Å². The van der Waals surface area contributed by atoms with E-state index in [1.807, 2.05) is 0 Å². The maximum absolute atomic E-state index is 9.51. The maximum atomic E-state index is 9.51. The number of aliphatic hydroxyl groups is 4. The summed E-state index contributed by atoms with van der Waals surface area (Å²) in [5, 5.41) is 39.3. The zero-order valence-electron chi connectivity index (χ0n) is 7.85. The van der Waals surface area contributed by atoms with Gasteiger partial charge in [0.2, 0.25) is 0 Å². The van der Waals surface area contributed by atoms with Crippen molar-refractivity contribution in [1.29, 1.82) is 0 Å². The van der Waals surface area contributed by atoms with E-state index >= 15 is 0 Å². The van der Waals surface area contributed by atoms with Crippen molar-refractivity contribution >= 4 is 17.4 Å². The molecule has 0 radical (unpaired) electrons. The van der Waals surface area contributed by atoms with Crippen LogP contribution in [-0.4, -0.2) is 69.3 Å². The van der Waals surface area contributed by atoms with Crippen molar-refractivity contribution in [3.63, 3.8) is 0 Å². The third-order valence-corrected chi connectivity index (χ3v) is 2.46. The second-order valence-corrected chi connectivity index (χ2v) is 3.48. The molecule has 1 heterocycles. The Hall–Kier alpha value is -0.400. The van der Waals surface area contributed by atoms with Crippen molar-refractivity contribution < 1.29 is 25.2 Å². The number of aliphatic imine (C=N–C) groups is 1. The van der Waals surface area contributed by atoms with Crippen LogP contribution in [0.15, 0.2) is 4.99 Å². The molecule has 5 atom stereocenters. The van der Waals surface area contributed by atoms with Crippen molar-refractivity contribution in [2.75, 3.05) is 13.2 Å². The first kappa shape index (κ1) is 12.7. The van der Waals surface area contributed by atoms with Gasteiger partial charge in [-0.25, -0.2) is 4.99 Å². The fourth-order valence-corrected chi connectivity index (χ4v) is 1.53. The topological polar surface area (TPSA) is 103 Å². The molecule has 1 saturated heterocycles. The summed E-state index contributed by atoms with van der Waals surface area (Å²) in [7, 11) is 0. The Kier molecular flexibility index (Phi) is 4.75. The Morgan fingerprint density at radius 3 is 2.27 bits per heavy atom. The predicted molar refractivity (Wildman–Crippen MR) is 53.7 cm³/mol. The first-order valence-electron chi connectivity index (χ1n) is 4.46. The van der Waals surface area contributed by atoms with Crippen LogP contribution >= 0.6 is 12.2 Å². The molecule has 86 valence electrons. The Bertz CT molecular complexity index is 255. The lowest BCUT2D eigenvalue weighted by Gasteiger charge is -2.39. The highest BCUT2D eigenvalue weighted by molar-refractivity contribution is 7.78. The maximum Gasteiger partial charge on any atom is 0.111 e. The monoisotopic (exact) mass is 235 g/mol. The van der Waals surface area contributed by atoms with E-state index in [1.54, 1.807) is 0 Å². The summed E-state index contributed by atoms with van der Waals surface area (Å²) in [6.45, 7) is -0.409. The number of hydrogen-bond donors (Lipinski definition) is 4.